The van der Waals surface area contributed by atoms with Crippen LogP contribution >= 0.6 is 11.3 Å². The number of hydrogen-bond donors (Lipinski definition) is 1. The van der Waals surface area contributed by atoms with Crippen LogP contribution in [-0.2, 0) is 6.54 Å². The number of fused-ring (bicyclic) bond motifs is 1. The third kappa shape index (κ3) is 2.55. The SMILES string of the molecule is CCCN1CCN(c2nc3sccn3c2CNC)CC1. The van der Waals surface area contributed by atoms with Crippen molar-refractivity contribution >= 4 is 22.1 Å². The molecule has 1 aliphatic heterocycles. The predicted octanol–water partition coefficient (Wildman–Crippen LogP) is 1.65. The molecule has 1 fully saturated rings. The minimum atomic E-state index is 0.863. The van der Waals surface area contributed by atoms with Gasteiger partial charge in [0.15, 0.2) is 10.8 Å². The maximum Gasteiger partial charge on any atom is 0.195 e. The van der Waals surface area contributed by atoms with Gasteiger partial charge in [0.2, 0.25) is 0 Å². The fourth-order valence-corrected chi connectivity index (χ4v) is 3.63. The summed E-state index contributed by atoms with van der Waals surface area (Å²) in [5.41, 5.74) is 1.28. The van der Waals surface area contributed by atoms with Crippen molar-refractivity contribution in [3.05, 3.63) is 17.3 Å². The molecule has 0 unspecified atom stereocenters. The van der Waals surface area contributed by atoms with Crippen molar-refractivity contribution in [2.75, 3.05) is 44.7 Å². The molecule has 1 aliphatic rings. The molecule has 6 heteroatoms. The predicted molar refractivity (Wildman–Crippen MR) is 84.8 cm³/mol. The molecule has 0 atom stereocenters. The molecule has 0 saturated carbocycles. The minimum absolute atomic E-state index is 0.863. The lowest BCUT2D eigenvalue weighted by Gasteiger charge is -2.35. The first-order valence-corrected chi connectivity index (χ1v) is 8.27. The van der Waals surface area contributed by atoms with Gasteiger partial charge in [-0.2, -0.15) is 0 Å². The number of imidazole rings is 1. The standard InChI is InChI=1S/C14H23N5S/c1-3-4-17-5-7-18(8-6-17)13-12(11-15-2)19-9-10-20-14(19)16-13/h9-10,15H,3-8,11H2,1-2H3. The van der Waals surface area contributed by atoms with Crippen LogP contribution < -0.4 is 10.2 Å². The number of hydrogen-bond acceptors (Lipinski definition) is 5. The molecule has 0 radical (unpaired) electrons. The number of nitrogens with zero attached hydrogens (tertiary/aromatic N) is 4. The average Bonchev–Trinajstić information content (AvgIpc) is 3.03. The molecule has 0 aliphatic carbocycles. The highest BCUT2D eigenvalue weighted by molar-refractivity contribution is 7.15. The summed E-state index contributed by atoms with van der Waals surface area (Å²) in [5, 5.41) is 5.37. The Hall–Kier alpha value is -1.11. The van der Waals surface area contributed by atoms with Gasteiger partial charge in [-0.25, -0.2) is 4.98 Å². The number of piperazine rings is 1. The molecular formula is C14H23N5S. The van der Waals surface area contributed by atoms with Crippen LogP contribution in [0.2, 0.25) is 0 Å². The Kier molecular flexibility index (Phi) is 4.24. The van der Waals surface area contributed by atoms with Gasteiger partial charge >= 0.3 is 0 Å². The zero-order chi connectivity index (χ0) is 13.9. The molecule has 1 saturated heterocycles. The van der Waals surface area contributed by atoms with Crippen LogP contribution in [0.15, 0.2) is 11.6 Å². The van der Waals surface area contributed by atoms with E-state index in [1.807, 2.05) is 7.05 Å². The maximum absolute atomic E-state index is 4.83. The molecule has 3 heterocycles. The summed E-state index contributed by atoms with van der Waals surface area (Å²) in [5.74, 6) is 1.17. The van der Waals surface area contributed by atoms with Gasteiger partial charge in [-0.3, -0.25) is 9.30 Å². The van der Waals surface area contributed by atoms with E-state index < -0.39 is 0 Å². The average molecular weight is 293 g/mol. The van der Waals surface area contributed by atoms with Gasteiger partial charge in [0, 0.05) is 44.3 Å². The number of rotatable bonds is 5. The third-order valence-corrected chi connectivity index (χ3v) is 4.65. The lowest BCUT2D eigenvalue weighted by atomic mass is 10.2. The molecule has 0 spiro atoms. The van der Waals surface area contributed by atoms with Gasteiger partial charge in [0.25, 0.3) is 0 Å². The zero-order valence-corrected chi connectivity index (χ0v) is 13.1. The summed E-state index contributed by atoms with van der Waals surface area (Å²) in [7, 11) is 1.99. The Morgan fingerprint density at radius 3 is 2.80 bits per heavy atom. The van der Waals surface area contributed by atoms with Crippen LogP contribution in [-0.4, -0.2) is 54.1 Å². The van der Waals surface area contributed by atoms with E-state index in [-0.39, 0.29) is 0 Å². The summed E-state index contributed by atoms with van der Waals surface area (Å²) < 4.78 is 2.22. The van der Waals surface area contributed by atoms with Gasteiger partial charge < -0.3 is 10.2 Å². The van der Waals surface area contributed by atoms with E-state index in [9.17, 15) is 0 Å². The van der Waals surface area contributed by atoms with E-state index in [4.69, 9.17) is 4.98 Å². The quantitative estimate of drug-likeness (QED) is 0.909. The Labute approximate surface area is 124 Å². The zero-order valence-electron chi connectivity index (χ0n) is 12.3. The Bertz CT molecular complexity index is 553. The van der Waals surface area contributed by atoms with E-state index in [0.717, 1.165) is 37.7 Å². The molecule has 20 heavy (non-hydrogen) atoms. The van der Waals surface area contributed by atoms with E-state index in [0.29, 0.717) is 0 Å². The molecule has 1 N–H and O–H groups in total. The van der Waals surface area contributed by atoms with E-state index in [1.165, 1.54) is 24.5 Å². The second-order valence-corrected chi connectivity index (χ2v) is 6.17. The summed E-state index contributed by atoms with van der Waals surface area (Å²) >= 11 is 1.71. The number of anilines is 1. The number of aromatic nitrogens is 2. The first kappa shape index (κ1) is 13.9. The van der Waals surface area contributed by atoms with E-state index in [2.05, 4.69) is 38.0 Å². The molecule has 0 bridgehead atoms. The van der Waals surface area contributed by atoms with Crippen LogP contribution in [0, 0.1) is 0 Å². The Morgan fingerprint density at radius 1 is 1.30 bits per heavy atom. The first-order valence-electron chi connectivity index (χ1n) is 7.39. The van der Waals surface area contributed by atoms with Crippen LogP contribution in [0.25, 0.3) is 4.96 Å². The third-order valence-electron chi connectivity index (χ3n) is 3.90. The second kappa shape index (κ2) is 6.11. The van der Waals surface area contributed by atoms with Gasteiger partial charge in [-0.1, -0.05) is 6.92 Å². The van der Waals surface area contributed by atoms with Crippen LogP contribution in [0.3, 0.4) is 0 Å². The summed E-state index contributed by atoms with van der Waals surface area (Å²) in [6.45, 7) is 8.80. The van der Waals surface area contributed by atoms with Gasteiger partial charge in [0.1, 0.15) is 0 Å². The normalized spacial score (nSPS) is 17.2. The maximum atomic E-state index is 4.83. The van der Waals surface area contributed by atoms with Crippen LogP contribution in [0.1, 0.15) is 19.0 Å². The molecule has 2 aromatic rings. The number of nitrogens with one attached hydrogen (secondary N) is 1. The van der Waals surface area contributed by atoms with Crippen molar-refractivity contribution in [3.8, 4) is 0 Å². The lowest BCUT2D eigenvalue weighted by Crippen LogP contribution is -2.47. The van der Waals surface area contributed by atoms with E-state index in [1.54, 1.807) is 11.3 Å². The summed E-state index contributed by atoms with van der Waals surface area (Å²) in [4.78, 5) is 10.9. The van der Waals surface area contributed by atoms with Crippen LogP contribution in [0.4, 0.5) is 5.82 Å². The largest absolute Gasteiger partial charge is 0.352 e. The van der Waals surface area contributed by atoms with E-state index >= 15 is 0 Å². The molecule has 0 amide bonds. The molecule has 0 aromatic carbocycles. The molecule has 5 nitrogen and oxygen atoms in total. The van der Waals surface area contributed by atoms with Gasteiger partial charge in [-0.15, -0.1) is 11.3 Å². The first-order chi connectivity index (χ1) is 9.83. The van der Waals surface area contributed by atoms with Crippen molar-refractivity contribution in [3.63, 3.8) is 0 Å². The van der Waals surface area contributed by atoms with Gasteiger partial charge in [0.05, 0.1) is 5.69 Å². The highest BCUT2D eigenvalue weighted by Gasteiger charge is 2.22. The van der Waals surface area contributed by atoms with Crippen molar-refractivity contribution in [2.45, 2.75) is 19.9 Å². The topological polar surface area (TPSA) is 35.8 Å². The lowest BCUT2D eigenvalue weighted by molar-refractivity contribution is 0.258. The van der Waals surface area contributed by atoms with Crippen molar-refractivity contribution in [2.24, 2.45) is 0 Å². The molecule has 2 aromatic heterocycles. The van der Waals surface area contributed by atoms with Crippen molar-refractivity contribution < 1.29 is 0 Å². The van der Waals surface area contributed by atoms with Crippen molar-refractivity contribution in [1.82, 2.24) is 19.6 Å². The minimum Gasteiger partial charge on any atom is -0.352 e. The second-order valence-electron chi connectivity index (χ2n) is 5.30. The van der Waals surface area contributed by atoms with Gasteiger partial charge in [-0.05, 0) is 20.0 Å². The molecular weight excluding hydrogens is 270 g/mol. The van der Waals surface area contributed by atoms with Crippen LogP contribution in [0.5, 0.6) is 0 Å². The smallest absolute Gasteiger partial charge is 0.195 e. The highest BCUT2D eigenvalue weighted by atomic mass is 32.1. The number of thiazole rings is 1. The summed E-state index contributed by atoms with van der Waals surface area (Å²) in [6, 6.07) is 0. The monoisotopic (exact) mass is 293 g/mol. The highest BCUT2D eigenvalue weighted by Crippen LogP contribution is 2.25. The molecule has 3 rings (SSSR count). The molecule has 110 valence electrons. The fourth-order valence-electron chi connectivity index (χ4n) is 2.91. The van der Waals surface area contributed by atoms with Crippen molar-refractivity contribution in [1.29, 1.82) is 0 Å². The Balaban J connectivity index is 1.80. The Morgan fingerprint density at radius 2 is 2.10 bits per heavy atom. The summed E-state index contributed by atoms with van der Waals surface area (Å²) in [6.07, 6.45) is 3.36. The fraction of sp³-hybridized carbons (Fsp3) is 0.643.